The lowest BCUT2D eigenvalue weighted by Gasteiger charge is -2.40. The molecule has 0 bridgehead atoms. The number of benzene rings is 4. The number of hydrogen-bond donors (Lipinski definition) is 4. The van der Waals surface area contributed by atoms with E-state index in [9.17, 15) is 29.4 Å². The van der Waals surface area contributed by atoms with Gasteiger partial charge in [0.15, 0.2) is 0 Å². The number of likely N-dealkylation sites (tertiary alicyclic amines) is 2. The standard InChI is InChI=1S/C42H42N6O6/c1-46-37(31-16-20-33(21-17-31)43-38(49)36-13-8-23-47(36)40(51)52)26-35(45-46)30-14-18-34(19-15-30)44-39(50)42(27-29-11-6-3-7-12-29)32(22-24-48(42)41(53)54)25-28-9-4-2-5-10-28/h2-7,9-12,14-21,26,32,36H,8,13,22-25,27H2,1H3,(H,43,49)(H,44,50)(H,51,52)(H,53,54)/t32?,36-,42-/m0/s1. The van der Waals surface area contributed by atoms with Crippen LogP contribution in [0.2, 0.25) is 0 Å². The minimum atomic E-state index is -1.33. The zero-order chi connectivity index (χ0) is 37.8. The molecule has 12 nitrogen and oxygen atoms in total. The number of amides is 4. The van der Waals surface area contributed by atoms with Gasteiger partial charge in [0.2, 0.25) is 5.91 Å². The zero-order valence-electron chi connectivity index (χ0n) is 29.9. The van der Waals surface area contributed by atoms with Gasteiger partial charge in [0, 0.05) is 43.5 Å². The van der Waals surface area contributed by atoms with Crippen LogP contribution in [-0.2, 0) is 29.5 Å². The van der Waals surface area contributed by atoms with Crippen LogP contribution in [0.5, 0.6) is 0 Å². The van der Waals surface area contributed by atoms with E-state index in [2.05, 4.69) is 10.6 Å². The molecule has 1 aromatic heterocycles. The van der Waals surface area contributed by atoms with E-state index in [4.69, 9.17) is 5.10 Å². The minimum Gasteiger partial charge on any atom is -0.465 e. The second-order valence-electron chi connectivity index (χ2n) is 14.0. The molecule has 4 N–H and O–H groups in total. The Morgan fingerprint density at radius 1 is 0.741 bits per heavy atom. The van der Waals surface area contributed by atoms with Crippen LogP contribution in [0.25, 0.3) is 22.5 Å². The van der Waals surface area contributed by atoms with Gasteiger partial charge in [-0.3, -0.25) is 24.1 Å². The normalized spacial score (nSPS) is 19.4. The van der Waals surface area contributed by atoms with Crippen molar-refractivity contribution in [2.45, 2.75) is 43.7 Å². The maximum absolute atomic E-state index is 14.5. The molecule has 3 atom stereocenters. The zero-order valence-corrected chi connectivity index (χ0v) is 29.9. The molecule has 0 aliphatic carbocycles. The summed E-state index contributed by atoms with van der Waals surface area (Å²) in [5.41, 5.74) is 4.99. The summed E-state index contributed by atoms with van der Waals surface area (Å²) in [5.74, 6) is -0.949. The number of nitrogens with zero attached hydrogens (tertiary/aromatic N) is 4. The molecule has 0 radical (unpaired) electrons. The minimum absolute atomic E-state index is 0.245. The van der Waals surface area contributed by atoms with Crippen molar-refractivity contribution in [2.75, 3.05) is 23.7 Å². The molecule has 2 aliphatic heterocycles. The largest absolute Gasteiger partial charge is 0.465 e. The van der Waals surface area contributed by atoms with Crippen LogP contribution >= 0.6 is 0 Å². The van der Waals surface area contributed by atoms with Gasteiger partial charge in [-0.25, -0.2) is 9.59 Å². The number of carbonyl (C=O) groups is 4. The number of rotatable bonds is 10. The van der Waals surface area contributed by atoms with E-state index in [1.807, 2.05) is 98.0 Å². The lowest BCUT2D eigenvalue weighted by Crippen LogP contribution is -2.60. The van der Waals surface area contributed by atoms with Crippen molar-refractivity contribution in [2.24, 2.45) is 13.0 Å². The second-order valence-corrected chi connectivity index (χ2v) is 14.0. The molecule has 7 rings (SSSR count). The van der Waals surface area contributed by atoms with Crippen molar-refractivity contribution >= 4 is 35.4 Å². The van der Waals surface area contributed by atoms with Crippen LogP contribution in [0.1, 0.15) is 30.4 Å². The monoisotopic (exact) mass is 726 g/mol. The van der Waals surface area contributed by atoms with Crippen molar-refractivity contribution in [3.8, 4) is 22.5 Å². The van der Waals surface area contributed by atoms with Gasteiger partial charge in [-0.2, -0.15) is 5.10 Å². The van der Waals surface area contributed by atoms with Gasteiger partial charge in [-0.1, -0.05) is 84.9 Å². The summed E-state index contributed by atoms with van der Waals surface area (Å²) >= 11 is 0. The molecule has 4 aromatic carbocycles. The highest BCUT2D eigenvalue weighted by molar-refractivity contribution is 6.01. The third kappa shape index (κ3) is 7.27. The molecule has 276 valence electrons. The second kappa shape index (κ2) is 15.3. The van der Waals surface area contributed by atoms with Gasteiger partial charge in [0.05, 0.1) is 11.4 Å². The van der Waals surface area contributed by atoms with E-state index in [1.165, 1.54) is 9.80 Å². The molecule has 2 saturated heterocycles. The fraction of sp³-hybridized carbons (Fsp3) is 0.262. The number of carboxylic acid groups (broad SMARTS) is 2. The van der Waals surface area contributed by atoms with Gasteiger partial charge in [0.25, 0.3) is 5.91 Å². The Morgan fingerprint density at radius 3 is 1.98 bits per heavy atom. The molecule has 0 spiro atoms. The van der Waals surface area contributed by atoms with E-state index >= 15 is 0 Å². The predicted octanol–water partition coefficient (Wildman–Crippen LogP) is 7.00. The Kier molecular flexibility index (Phi) is 10.2. The average molecular weight is 727 g/mol. The number of hydrogen-bond acceptors (Lipinski definition) is 5. The van der Waals surface area contributed by atoms with E-state index in [-0.39, 0.29) is 30.7 Å². The SMILES string of the molecule is Cn1nc(-c2ccc(NC(=O)[C@]3(Cc4ccccc4)C(Cc4ccccc4)CCN3C(=O)O)cc2)cc1-c1ccc(NC(=O)[C@@H]2CCCN2C(=O)O)cc1. The lowest BCUT2D eigenvalue weighted by molar-refractivity contribution is -0.127. The number of aryl methyl sites for hydroxylation is 1. The molecule has 5 aromatic rings. The van der Waals surface area contributed by atoms with Gasteiger partial charge in [0.1, 0.15) is 11.6 Å². The quantitative estimate of drug-likeness (QED) is 0.121. The number of nitrogens with one attached hydrogen (secondary N) is 2. The highest BCUT2D eigenvalue weighted by atomic mass is 16.4. The third-order valence-electron chi connectivity index (χ3n) is 10.7. The van der Waals surface area contributed by atoms with Crippen LogP contribution in [0.4, 0.5) is 21.0 Å². The summed E-state index contributed by atoms with van der Waals surface area (Å²) in [4.78, 5) is 54.0. The summed E-state index contributed by atoms with van der Waals surface area (Å²) in [6.07, 6.45) is 0.310. The molecule has 0 saturated carbocycles. The van der Waals surface area contributed by atoms with Crippen LogP contribution in [0.15, 0.2) is 115 Å². The smallest absolute Gasteiger partial charge is 0.408 e. The van der Waals surface area contributed by atoms with E-state index in [0.29, 0.717) is 49.3 Å². The maximum atomic E-state index is 14.5. The molecule has 1 unspecified atom stereocenters. The topological polar surface area (TPSA) is 157 Å². The molecule has 12 heteroatoms. The van der Waals surface area contributed by atoms with Crippen molar-refractivity contribution in [3.63, 3.8) is 0 Å². The highest BCUT2D eigenvalue weighted by Gasteiger charge is 2.56. The molecule has 2 aliphatic rings. The van der Waals surface area contributed by atoms with Crippen LogP contribution in [0, 0.1) is 5.92 Å². The summed E-state index contributed by atoms with van der Waals surface area (Å²) in [6, 6.07) is 35.4. The first-order chi connectivity index (χ1) is 26.1. The van der Waals surface area contributed by atoms with Crippen molar-refractivity contribution < 1.29 is 29.4 Å². The maximum Gasteiger partial charge on any atom is 0.408 e. The predicted molar refractivity (Wildman–Crippen MR) is 205 cm³/mol. The fourth-order valence-electron chi connectivity index (χ4n) is 7.97. The van der Waals surface area contributed by atoms with Gasteiger partial charge in [-0.05, 0) is 78.6 Å². The van der Waals surface area contributed by atoms with Crippen molar-refractivity contribution in [3.05, 3.63) is 126 Å². The van der Waals surface area contributed by atoms with Gasteiger partial charge in [-0.15, -0.1) is 0 Å². The first-order valence-electron chi connectivity index (χ1n) is 18.1. The Bertz CT molecular complexity index is 2140. The Labute approximate surface area is 313 Å². The summed E-state index contributed by atoms with van der Waals surface area (Å²) in [7, 11) is 1.84. The third-order valence-corrected chi connectivity index (χ3v) is 10.7. The van der Waals surface area contributed by atoms with E-state index in [1.54, 1.807) is 28.9 Å². The van der Waals surface area contributed by atoms with Crippen LogP contribution in [0.3, 0.4) is 0 Å². The average Bonchev–Trinajstić information content (AvgIpc) is 3.91. The van der Waals surface area contributed by atoms with Gasteiger partial charge >= 0.3 is 12.2 Å². The molecule has 4 amide bonds. The Balaban J connectivity index is 1.08. The molecule has 54 heavy (non-hydrogen) atoms. The lowest BCUT2D eigenvalue weighted by atomic mass is 9.75. The molecule has 2 fully saturated rings. The fourth-order valence-corrected chi connectivity index (χ4v) is 7.97. The molecule has 3 heterocycles. The number of carbonyl (C=O) groups excluding carboxylic acids is 2. The Morgan fingerprint density at radius 2 is 1.35 bits per heavy atom. The first-order valence-corrected chi connectivity index (χ1v) is 18.1. The van der Waals surface area contributed by atoms with E-state index in [0.717, 1.165) is 27.9 Å². The Hall–Kier alpha value is -6.43. The van der Waals surface area contributed by atoms with Crippen LogP contribution in [-0.4, -0.2) is 78.5 Å². The summed E-state index contributed by atoms with van der Waals surface area (Å²) < 4.78 is 1.77. The molecular weight excluding hydrogens is 684 g/mol. The molecular formula is C42H42N6O6. The van der Waals surface area contributed by atoms with E-state index < -0.39 is 23.8 Å². The van der Waals surface area contributed by atoms with Crippen molar-refractivity contribution in [1.29, 1.82) is 0 Å². The highest BCUT2D eigenvalue weighted by Crippen LogP contribution is 2.41. The number of aromatic nitrogens is 2. The summed E-state index contributed by atoms with van der Waals surface area (Å²) in [5, 5.41) is 30.4. The van der Waals surface area contributed by atoms with Crippen molar-refractivity contribution in [1.82, 2.24) is 19.6 Å². The van der Waals surface area contributed by atoms with Gasteiger partial charge < -0.3 is 20.8 Å². The number of anilines is 2. The first kappa shape index (κ1) is 36.0. The van der Waals surface area contributed by atoms with Crippen LogP contribution < -0.4 is 10.6 Å². The summed E-state index contributed by atoms with van der Waals surface area (Å²) in [6.45, 7) is 0.612.